The van der Waals surface area contributed by atoms with E-state index in [-0.39, 0.29) is 12.1 Å². The molecule has 5 N–H and O–H groups in total. The highest BCUT2D eigenvalue weighted by atomic mass is 35.5. The van der Waals surface area contributed by atoms with Crippen LogP contribution in [-0.2, 0) is 17.7 Å². The lowest BCUT2D eigenvalue weighted by Crippen LogP contribution is -2.52. The number of hydrogen-bond donors (Lipinski definition) is 5. The van der Waals surface area contributed by atoms with Gasteiger partial charge in [0.2, 0.25) is 0 Å². The van der Waals surface area contributed by atoms with Crippen molar-refractivity contribution in [2.45, 2.75) is 32.0 Å². The quantitative estimate of drug-likeness (QED) is 0.173. The molecule has 42 heavy (non-hydrogen) atoms. The van der Waals surface area contributed by atoms with Gasteiger partial charge in [0.05, 0.1) is 52.8 Å². The summed E-state index contributed by atoms with van der Waals surface area (Å²) in [6.45, 7) is 5.15. The number of nitrogens with one attached hydrogen (secondary N) is 5. The Morgan fingerprint density at radius 1 is 1.19 bits per heavy atom. The third-order valence-corrected chi connectivity index (χ3v) is 9.63. The van der Waals surface area contributed by atoms with E-state index in [2.05, 4.69) is 54.6 Å². The number of halogens is 2. The fourth-order valence-electron chi connectivity index (χ4n) is 5.47. The zero-order chi connectivity index (χ0) is 28.8. The van der Waals surface area contributed by atoms with E-state index >= 15 is 0 Å². The molecule has 12 heteroatoms. The van der Waals surface area contributed by atoms with E-state index in [4.69, 9.17) is 27.9 Å². The molecule has 0 amide bonds. The molecule has 7 rings (SSSR count). The molecule has 0 aliphatic carbocycles. The Balaban J connectivity index is 1.30. The predicted molar refractivity (Wildman–Crippen MR) is 168 cm³/mol. The van der Waals surface area contributed by atoms with E-state index in [1.165, 1.54) is 16.0 Å². The standard InChI is InChI=1S/C30H28Cl2N8OS/c1-16-2-3-18(7-24(16)31)36-28-17(9-33)10-35-29-22(28)6-19(8-25(29)32)37-30(23-15-42-27-11-34-5-4-21(23)27)26-12-40(39-38-26)20-13-41-14-20/h2-3,6-8,10,12,15,20,30,34,37-39H,4-5,11,13-14H2,1H3,(H,35,36)/t30-/m0/s1. The maximum atomic E-state index is 9.97. The first-order valence-corrected chi connectivity index (χ1v) is 15.3. The summed E-state index contributed by atoms with van der Waals surface area (Å²) in [5.74, 6) is 0. The molecule has 0 saturated carbocycles. The van der Waals surface area contributed by atoms with Crippen molar-refractivity contribution in [2.75, 3.05) is 30.4 Å². The predicted octanol–water partition coefficient (Wildman–Crippen LogP) is 5.89. The first-order valence-electron chi connectivity index (χ1n) is 13.7. The van der Waals surface area contributed by atoms with Gasteiger partial charge in [-0.1, -0.05) is 29.3 Å². The third-order valence-electron chi connectivity index (χ3n) is 7.89. The van der Waals surface area contributed by atoms with Gasteiger partial charge in [-0.05, 0) is 66.2 Å². The van der Waals surface area contributed by atoms with Gasteiger partial charge in [0.1, 0.15) is 6.07 Å². The van der Waals surface area contributed by atoms with E-state index in [1.54, 1.807) is 17.5 Å². The number of hydrogen-bond acceptors (Lipinski definition) is 10. The van der Waals surface area contributed by atoms with Crippen molar-refractivity contribution in [2.24, 2.45) is 0 Å². The lowest BCUT2D eigenvalue weighted by Gasteiger charge is -2.33. The highest BCUT2D eigenvalue weighted by molar-refractivity contribution is 7.10. The highest BCUT2D eigenvalue weighted by Gasteiger charge is 2.32. The Morgan fingerprint density at radius 3 is 2.83 bits per heavy atom. The van der Waals surface area contributed by atoms with Crippen LogP contribution in [0.15, 0.2) is 53.8 Å². The molecular weight excluding hydrogens is 591 g/mol. The first-order chi connectivity index (χ1) is 20.5. The minimum atomic E-state index is -0.172. The zero-order valence-electron chi connectivity index (χ0n) is 22.7. The van der Waals surface area contributed by atoms with Crippen molar-refractivity contribution in [3.8, 4) is 6.07 Å². The topological polar surface area (TPSA) is 109 Å². The summed E-state index contributed by atoms with van der Waals surface area (Å²) in [6, 6.07) is 12.0. The van der Waals surface area contributed by atoms with Crippen LogP contribution in [-0.4, -0.2) is 35.8 Å². The van der Waals surface area contributed by atoms with Crippen LogP contribution in [0.4, 0.5) is 17.1 Å². The van der Waals surface area contributed by atoms with Gasteiger partial charge in [-0.15, -0.1) is 16.9 Å². The number of benzene rings is 2. The fraction of sp³-hybridized carbons (Fsp3) is 0.267. The van der Waals surface area contributed by atoms with Crippen molar-refractivity contribution in [3.63, 3.8) is 0 Å². The van der Waals surface area contributed by atoms with Crippen LogP contribution in [0.2, 0.25) is 10.0 Å². The lowest BCUT2D eigenvalue weighted by atomic mass is 9.97. The molecule has 214 valence electrons. The molecule has 0 radical (unpaired) electrons. The van der Waals surface area contributed by atoms with Crippen molar-refractivity contribution < 1.29 is 4.74 Å². The van der Waals surface area contributed by atoms with Crippen LogP contribution in [0.1, 0.15) is 33.2 Å². The average Bonchev–Trinajstić information content (AvgIpc) is 3.61. The second kappa shape index (κ2) is 11.3. The van der Waals surface area contributed by atoms with Gasteiger partial charge >= 0.3 is 0 Å². The number of pyridine rings is 1. The molecular formula is C30H28Cl2N8OS. The van der Waals surface area contributed by atoms with E-state index in [0.29, 0.717) is 40.0 Å². The number of nitriles is 1. The zero-order valence-corrected chi connectivity index (χ0v) is 25.1. The summed E-state index contributed by atoms with van der Waals surface area (Å²) in [4.78, 5) is 5.89. The second-order valence-corrected chi connectivity index (χ2v) is 12.4. The number of aryl methyl sites for hydroxylation is 1. The molecule has 4 aromatic rings. The van der Waals surface area contributed by atoms with Gasteiger partial charge in [0.25, 0.3) is 0 Å². The van der Waals surface area contributed by atoms with Gasteiger partial charge in [-0.25, -0.2) is 0 Å². The number of rotatable bonds is 7. The molecule has 2 aromatic carbocycles. The van der Waals surface area contributed by atoms with Crippen molar-refractivity contribution in [1.82, 2.24) is 26.3 Å². The smallest absolute Gasteiger partial charge is 0.103 e. The molecule has 0 spiro atoms. The average molecular weight is 620 g/mol. The Morgan fingerprint density at radius 2 is 2.05 bits per heavy atom. The Labute approximate surface area is 257 Å². The highest BCUT2D eigenvalue weighted by Crippen LogP contribution is 2.39. The molecule has 3 aliphatic rings. The van der Waals surface area contributed by atoms with Crippen LogP contribution in [0.3, 0.4) is 0 Å². The Bertz CT molecular complexity index is 1760. The summed E-state index contributed by atoms with van der Waals surface area (Å²) in [6.07, 6.45) is 4.63. The monoisotopic (exact) mass is 618 g/mol. The SMILES string of the molecule is Cc1ccc(Nc2c(C#N)cnc3c(Cl)cc(N[C@H](C4=CN(C5COC5)NN4)c4csc5c4CCNC5)cc23)cc1Cl. The van der Waals surface area contributed by atoms with Crippen LogP contribution in [0.5, 0.6) is 0 Å². The molecule has 1 saturated heterocycles. The minimum Gasteiger partial charge on any atom is -0.377 e. The van der Waals surface area contributed by atoms with Gasteiger partial charge in [-0.2, -0.15) is 5.26 Å². The van der Waals surface area contributed by atoms with Crippen molar-refractivity contribution in [3.05, 3.63) is 91.0 Å². The molecule has 1 atom stereocenters. The van der Waals surface area contributed by atoms with E-state index in [9.17, 15) is 5.26 Å². The van der Waals surface area contributed by atoms with Crippen molar-refractivity contribution >= 4 is 62.5 Å². The number of thiophene rings is 1. The largest absolute Gasteiger partial charge is 0.377 e. The van der Waals surface area contributed by atoms with E-state index in [0.717, 1.165) is 47.5 Å². The second-order valence-electron chi connectivity index (χ2n) is 10.6. The van der Waals surface area contributed by atoms with Gasteiger partial charge in [0.15, 0.2) is 0 Å². The summed E-state index contributed by atoms with van der Waals surface area (Å²) in [5, 5.41) is 26.8. The fourth-order valence-corrected chi connectivity index (χ4v) is 7.01. The van der Waals surface area contributed by atoms with Gasteiger partial charge in [-0.3, -0.25) is 9.99 Å². The number of aromatic nitrogens is 1. The summed E-state index contributed by atoms with van der Waals surface area (Å²) >= 11 is 15.0. The van der Waals surface area contributed by atoms with Crippen LogP contribution in [0.25, 0.3) is 10.9 Å². The van der Waals surface area contributed by atoms with Crippen molar-refractivity contribution in [1.29, 1.82) is 5.26 Å². The van der Waals surface area contributed by atoms with E-state index < -0.39 is 0 Å². The summed E-state index contributed by atoms with van der Waals surface area (Å²) in [5.41, 5.74) is 14.5. The number of hydrazine groups is 2. The molecule has 0 unspecified atom stereocenters. The molecule has 3 aliphatic heterocycles. The third kappa shape index (κ3) is 5.02. The van der Waals surface area contributed by atoms with Gasteiger partial charge in [0, 0.05) is 45.6 Å². The minimum absolute atomic E-state index is 0.172. The van der Waals surface area contributed by atoms with Crippen LogP contribution < -0.4 is 26.9 Å². The molecule has 9 nitrogen and oxygen atoms in total. The Kier molecular flexibility index (Phi) is 7.32. The van der Waals surface area contributed by atoms with E-state index in [1.807, 2.05) is 37.3 Å². The Hall–Kier alpha value is -3.56. The maximum Gasteiger partial charge on any atom is 0.103 e. The number of nitrogens with zero attached hydrogens (tertiary/aromatic N) is 3. The van der Waals surface area contributed by atoms with Crippen LogP contribution in [0, 0.1) is 18.3 Å². The molecule has 1 fully saturated rings. The lowest BCUT2D eigenvalue weighted by molar-refractivity contribution is -0.0635. The number of anilines is 3. The molecule has 5 heterocycles. The normalized spacial score (nSPS) is 17.2. The maximum absolute atomic E-state index is 9.97. The first kappa shape index (κ1) is 27.3. The summed E-state index contributed by atoms with van der Waals surface area (Å²) < 4.78 is 5.41. The van der Waals surface area contributed by atoms with Crippen LogP contribution >= 0.6 is 34.5 Å². The number of fused-ring (bicyclic) bond motifs is 2. The summed E-state index contributed by atoms with van der Waals surface area (Å²) in [7, 11) is 0. The number of ether oxygens (including phenoxy) is 1. The molecule has 2 aromatic heterocycles. The van der Waals surface area contributed by atoms with Gasteiger partial charge < -0.3 is 26.1 Å². The molecule has 0 bridgehead atoms.